The van der Waals surface area contributed by atoms with Crippen LogP contribution in [0.2, 0.25) is 0 Å². The van der Waals surface area contributed by atoms with Gasteiger partial charge in [0.2, 0.25) is 0 Å². The van der Waals surface area contributed by atoms with Crippen molar-refractivity contribution >= 4 is 9.84 Å². The highest BCUT2D eigenvalue weighted by atomic mass is 32.2. The quantitative estimate of drug-likeness (QED) is 0.838. The first-order valence-corrected chi connectivity index (χ1v) is 9.14. The molecule has 0 saturated carbocycles. The summed E-state index contributed by atoms with van der Waals surface area (Å²) in [5.74, 6) is 0.271. The van der Waals surface area contributed by atoms with E-state index < -0.39 is 9.84 Å². The highest BCUT2D eigenvalue weighted by molar-refractivity contribution is 7.92. The van der Waals surface area contributed by atoms with E-state index in [1.54, 1.807) is 13.8 Å². The summed E-state index contributed by atoms with van der Waals surface area (Å²) in [6, 6.07) is 8.83. The largest absolute Gasteiger partial charge is 0.295 e. The number of sulfone groups is 1. The molecule has 1 aliphatic heterocycles. The zero-order valence-corrected chi connectivity index (χ0v) is 13.5. The molecule has 1 aliphatic rings. The summed E-state index contributed by atoms with van der Waals surface area (Å²) < 4.78 is 23.9. The second-order valence-corrected chi connectivity index (χ2v) is 8.64. The number of nitrogens with zero attached hydrogens (tertiary/aromatic N) is 1. The van der Waals surface area contributed by atoms with Crippen LogP contribution >= 0.6 is 0 Å². The number of hydrogen-bond acceptors (Lipinski definition) is 3. The van der Waals surface area contributed by atoms with Crippen LogP contribution in [0.15, 0.2) is 24.3 Å². The van der Waals surface area contributed by atoms with Crippen molar-refractivity contribution in [1.29, 1.82) is 0 Å². The van der Waals surface area contributed by atoms with E-state index in [1.807, 2.05) is 0 Å². The Morgan fingerprint density at radius 1 is 1.30 bits per heavy atom. The Morgan fingerprint density at radius 2 is 2.00 bits per heavy atom. The summed E-state index contributed by atoms with van der Waals surface area (Å²) in [4.78, 5) is 2.34. The SMILES string of the molecule is Cc1ccccc1[C@@H]1CCCN1CCS(=O)(=O)C(C)C. The van der Waals surface area contributed by atoms with E-state index in [0.29, 0.717) is 12.6 Å². The number of likely N-dealkylation sites (tertiary alicyclic amines) is 1. The fraction of sp³-hybridized carbons (Fsp3) is 0.625. The number of benzene rings is 1. The van der Waals surface area contributed by atoms with Crippen LogP contribution < -0.4 is 0 Å². The van der Waals surface area contributed by atoms with E-state index in [1.165, 1.54) is 11.1 Å². The van der Waals surface area contributed by atoms with Crippen molar-refractivity contribution in [1.82, 2.24) is 4.90 Å². The molecule has 0 amide bonds. The first-order chi connectivity index (χ1) is 9.42. The standard InChI is InChI=1S/C16H25NO2S/c1-13(2)20(18,19)12-11-17-10-6-9-16(17)15-8-5-4-7-14(15)3/h4-5,7-8,13,16H,6,9-12H2,1-3H3/t16-/m0/s1. The molecule has 1 heterocycles. The molecule has 1 atom stereocenters. The van der Waals surface area contributed by atoms with Crippen molar-refractivity contribution in [3.05, 3.63) is 35.4 Å². The monoisotopic (exact) mass is 295 g/mol. The van der Waals surface area contributed by atoms with E-state index in [-0.39, 0.29) is 11.0 Å². The van der Waals surface area contributed by atoms with Gasteiger partial charge in [-0.3, -0.25) is 4.90 Å². The van der Waals surface area contributed by atoms with E-state index >= 15 is 0 Å². The van der Waals surface area contributed by atoms with E-state index in [0.717, 1.165) is 19.4 Å². The van der Waals surface area contributed by atoms with Gasteiger partial charge in [0.15, 0.2) is 9.84 Å². The summed E-state index contributed by atoms with van der Waals surface area (Å²) in [7, 11) is -2.94. The second kappa shape index (κ2) is 6.27. The molecule has 0 unspecified atom stereocenters. The van der Waals surface area contributed by atoms with Gasteiger partial charge in [0.05, 0.1) is 11.0 Å². The lowest BCUT2D eigenvalue weighted by molar-refractivity contribution is 0.271. The van der Waals surface area contributed by atoms with Crippen molar-refractivity contribution in [3.8, 4) is 0 Å². The van der Waals surface area contributed by atoms with Crippen molar-refractivity contribution in [3.63, 3.8) is 0 Å². The van der Waals surface area contributed by atoms with Crippen LogP contribution in [0.25, 0.3) is 0 Å². The van der Waals surface area contributed by atoms with Gasteiger partial charge in [-0.1, -0.05) is 24.3 Å². The molecule has 0 aliphatic carbocycles. The Balaban J connectivity index is 2.07. The first kappa shape index (κ1) is 15.5. The van der Waals surface area contributed by atoms with Gasteiger partial charge >= 0.3 is 0 Å². The fourth-order valence-corrected chi connectivity index (χ4v) is 3.85. The molecular formula is C16H25NO2S. The van der Waals surface area contributed by atoms with Gasteiger partial charge in [0, 0.05) is 12.6 Å². The first-order valence-electron chi connectivity index (χ1n) is 7.43. The molecule has 1 fully saturated rings. The zero-order valence-electron chi connectivity index (χ0n) is 12.7. The normalized spacial score (nSPS) is 20.7. The van der Waals surface area contributed by atoms with Crippen LogP contribution in [0, 0.1) is 6.92 Å². The highest BCUT2D eigenvalue weighted by Crippen LogP contribution is 2.33. The molecule has 3 nitrogen and oxygen atoms in total. The summed E-state index contributed by atoms with van der Waals surface area (Å²) >= 11 is 0. The smallest absolute Gasteiger partial charge is 0.153 e. The number of aryl methyl sites for hydroxylation is 1. The van der Waals surface area contributed by atoms with Crippen LogP contribution in [-0.2, 0) is 9.84 Å². The molecule has 0 aromatic heterocycles. The minimum absolute atomic E-state index is 0.271. The van der Waals surface area contributed by atoms with Crippen molar-refractivity contribution in [2.45, 2.75) is 44.9 Å². The van der Waals surface area contributed by atoms with Crippen LogP contribution in [0.3, 0.4) is 0 Å². The van der Waals surface area contributed by atoms with Gasteiger partial charge in [-0.05, 0) is 51.3 Å². The summed E-state index contributed by atoms with van der Waals surface area (Å²) in [5, 5.41) is -0.276. The van der Waals surface area contributed by atoms with E-state index in [4.69, 9.17) is 0 Å². The predicted octanol–water partition coefficient (Wildman–Crippen LogP) is 2.96. The van der Waals surface area contributed by atoms with Crippen molar-refractivity contribution in [2.75, 3.05) is 18.8 Å². The third kappa shape index (κ3) is 3.41. The summed E-state index contributed by atoms with van der Waals surface area (Å²) in [5.41, 5.74) is 2.66. The molecule has 0 spiro atoms. The zero-order chi connectivity index (χ0) is 14.8. The van der Waals surface area contributed by atoms with Gasteiger partial charge in [0.25, 0.3) is 0 Å². The third-order valence-corrected chi connectivity index (χ3v) is 6.48. The highest BCUT2D eigenvalue weighted by Gasteiger charge is 2.28. The van der Waals surface area contributed by atoms with Crippen LogP contribution in [0.1, 0.15) is 43.9 Å². The second-order valence-electron chi connectivity index (χ2n) is 5.97. The Bertz CT molecular complexity index is 551. The van der Waals surface area contributed by atoms with Gasteiger partial charge in [-0.25, -0.2) is 8.42 Å². The maximum absolute atomic E-state index is 12.0. The topological polar surface area (TPSA) is 37.4 Å². The van der Waals surface area contributed by atoms with Gasteiger partial charge in [0.1, 0.15) is 0 Å². The Labute approximate surface area is 122 Å². The molecule has 1 aromatic carbocycles. The van der Waals surface area contributed by atoms with Crippen LogP contribution in [0.5, 0.6) is 0 Å². The molecule has 0 N–H and O–H groups in total. The molecule has 4 heteroatoms. The maximum Gasteiger partial charge on any atom is 0.153 e. The lowest BCUT2D eigenvalue weighted by Crippen LogP contribution is -2.31. The minimum Gasteiger partial charge on any atom is -0.295 e. The third-order valence-electron chi connectivity index (χ3n) is 4.29. The lowest BCUT2D eigenvalue weighted by atomic mass is 9.99. The molecule has 0 bridgehead atoms. The van der Waals surface area contributed by atoms with Crippen LogP contribution in [0.4, 0.5) is 0 Å². The number of hydrogen-bond donors (Lipinski definition) is 0. The molecule has 1 saturated heterocycles. The van der Waals surface area contributed by atoms with Crippen LogP contribution in [-0.4, -0.2) is 37.4 Å². The average Bonchev–Trinajstić information content (AvgIpc) is 2.85. The molecule has 0 radical (unpaired) electrons. The van der Waals surface area contributed by atoms with E-state index in [2.05, 4.69) is 36.1 Å². The van der Waals surface area contributed by atoms with Gasteiger partial charge < -0.3 is 0 Å². The molecule has 2 rings (SSSR count). The number of rotatable bonds is 5. The Morgan fingerprint density at radius 3 is 2.65 bits per heavy atom. The average molecular weight is 295 g/mol. The van der Waals surface area contributed by atoms with Gasteiger partial charge in [-0.15, -0.1) is 0 Å². The Hall–Kier alpha value is -0.870. The predicted molar refractivity (Wildman–Crippen MR) is 83.6 cm³/mol. The van der Waals surface area contributed by atoms with Gasteiger partial charge in [-0.2, -0.15) is 0 Å². The maximum atomic E-state index is 12.0. The van der Waals surface area contributed by atoms with E-state index in [9.17, 15) is 8.42 Å². The summed E-state index contributed by atoms with van der Waals surface area (Å²) in [6.07, 6.45) is 2.29. The lowest BCUT2D eigenvalue weighted by Gasteiger charge is -2.26. The summed E-state index contributed by atoms with van der Waals surface area (Å²) in [6.45, 7) is 7.32. The molecule has 112 valence electrons. The molecule has 20 heavy (non-hydrogen) atoms. The fourth-order valence-electron chi connectivity index (χ4n) is 2.89. The molecule has 1 aromatic rings. The van der Waals surface area contributed by atoms with Crippen molar-refractivity contribution < 1.29 is 8.42 Å². The van der Waals surface area contributed by atoms with Crippen molar-refractivity contribution in [2.24, 2.45) is 0 Å². The minimum atomic E-state index is -2.94. The Kier molecular flexibility index (Phi) is 4.86. The molecular weight excluding hydrogens is 270 g/mol.